The number of carbonyl (C=O) groups excluding carboxylic acids is 1. The van der Waals surface area contributed by atoms with Crippen molar-refractivity contribution in [2.45, 2.75) is 27.7 Å². The number of nitro groups is 1. The summed E-state index contributed by atoms with van der Waals surface area (Å²) in [6.45, 7) is 7.13. The van der Waals surface area contributed by atoms with Crippen LogP contribution in [0.5, 0.6) is 0 Å². The van der Waals surface area contributed by atoms with Crippen LogP contribution in [-0.4, -0.2) is 20.5 Å². The molecular formula is C17H18ClN5O3. The number of halogens is 1. The van der Waals surface area contributed by atoms with Crippen LogP contribution in [0.1, 0.15) is 28.7 Å². The zero-order valence-corrected chi connectivity index (χ0v) is 15.5. The minimum atomic E-state index is -0.525. The number of aromatic nitrogens is 3. The van der Waals surface area contributed by atoms with Crippen molar-refractivity contribution in [3.8, 4) is 0 Å². The van der Waals surface area contributed by atoms with Crippen molar-refractivity contribution in [1.82, 2.24) is 9.66 Å². The van der Waals surface area contributed by atoms with Gasteiger partial charge >= 0.3 is 5.91 Å². The van der Waals surface area contributed by atoms with Gasteiger partial charge in [-0.1, -0.05) is 18.2 Å². The summed E-state index contributed by atoms with van der Waals surface area (Å²) in [7, 11) is 0. The van der Waals surface area contributed by atoms with Gasteiger partial charge in [-0.25, -0.2) is 15.2 Å². The highest BCUT2D eigenvalue weighted by Crippen LogP contribution is 2.23. The lowest BCUT2D eigenvalue weighted by atomic mass is 10.1. The SMILES string of the molecule is CC(=O)[n+]1c(C)n(Nc2c(C)cccc2C)c2ncc([N+](=O)[O-])cc21.[Cl-]. The highest BCUT2D eigenvalue weighted by molar-refractivity contribution is 5.77. The summed E-state index contributed by atoms with van der Waals surface area (Å²) < 4.78 is 3.09. The fraction of sp³-hybridized carbons (Fsp3) is 0.235. The van der Waals surface area contributed by atoms with Crippen LogP contribution in [0.25, 0.3) is 11.2 Å². The maximum absolute atomic E-state index is 12.1. The molecular weight excluding hydrogens is 358 g/mol. The summed E-state index contributed by atoms with van der Waals surface area (Å²) in [5.41, 5.74) is 6.94. The first-order valence-corrected chi connectivity index (χ1v) is 7.73. The molecule has 0 amide bonds. The number of imidazole rings is 1. The van der Waals surface area contributed by atoms with Crippen LogP contribution in [0.15, 0.2) is 30.5 Å². The van der Waals surface area contributed by atoms with Crippen LogP contribution < -0.4 is 22.4 Å². The van der Waals surface area contributed by atoms with Crippen molar-refractivity contribution >= 4 is 28.4 Å². The Morgan fingerprint density at radius 1 is 1.27 bits per heavy atom. The second kappa shape index (κ2) is 7.09. The van der Waals surface area contributed by atoms with E-state index < -0.39 is 4.92 Å². The quantitative estimate of drug-likeness (QED) is 0.385. The first-order valence-electron chi connectivity index (χ1n) is 7.73. The third kappa shape index (κ3) is 3.11. The summed E-state index contributed by atoms with van der Waals surface area (Å²) in [5.74, 6) is 0.338. The average Bonchev–Trinajstić information content (AvgIpc) is 2.82. The lowest BCUT2D eigenvalue weighted by Crippen LogP contribution is -3.00. The van der Waals surface area contributed by atoms with E-state index in [2.05, 4.69) is 10.4 Å². The number of aryl methyl sites for hydroxylation is 2. The van der Waals surface area contributed by atoms with Gasteiger partial charge in [0.25, 0.3) is 17.2 Å². The maximum atomic E-state index is 12.1. The van der Waals surface area contributed by atoms with Crippen molar-refractivity contribution in [2.75, 3.05) is 5.43 Å². The standard InChI is InChI=1S/C17H18N5O3.ClH/c1-10-6-5-7-11(2)16(10)19-21-12(3)20(13(4)23)15-8-14(22(24)25)9-18-17(15)21;/h5-9,19H,1-4H3;1H/q+1;/p-1. The van der Waals surface area contributed by atoms with E-state index in [1.165, 1.54) is 23.8 Å². The molecule has 26 heavy (non-hydrogen) atoms. The molecule has 0 bridgehead atoms. The smallest absolute Gasteiger partial charge is 0.311 e. The molecule has 0 fully saturated rings. The molecule has 0 aliphatic heterocycles. The van der Waals surface area contributed by atoms with Gasteiger partial charge < -0.3 is 12.4 Å². The molecule has 0 aliphatic carbocycles. The molecule has 0 aliphatic rings. The Kier molecular flexibility index (Phi) is 5.27. The van der Waals surface area contributed by atoms with Crippen molar-refractivity contribution in [3.63, 3.8) is 0 Å². The number of pyridine rings is 1. The minimum Gasteiger partial charge on any atom is -1.00 e. The van der Waals surface area contributed by atoms with Crippen molar-refractivity contribution in [1.29, 1.82) is 0 Å². The Morgan fingerprint density at radius 2 is 1.88 bits per heavy atom. The number of rotatable bonds is 3. The zero-order chi connectivity index (χ0) is 18.3. The second-order valence-corrected chi connectivity index (χ2v) is 5.91. The third-order valence-corrected chi connectivity index (χ3v) is 4.16. The topological polar surface area (TPSA) is 93.9 Å². The second-order valence-electron chi connectivity index (χ2n) is 5.91. The Hall–Kier alpha value is -3.00. The fourth-order valence-corrected chi connectivity index (χ4v) is 2.93. The number of hydrogen-bond acceptors (Lipinski definition) is 5. The van der Waals surface area contributed by atoms with Crippen molar-refractivity contribution in [2.24, 2.45) is 0 Å². The number of benzene rings is 1. The maximum Gasteiger partial charge on any atom is 0.311 e. The van der Waals surface area contributed by atoms with Crippen LogP contribution in [0.3, 0.4) is 0 Å². The molecule has 2 heterocycles. The number of fused-ring (bicyclic) bond motifs is 1. The Bertz CT molecular complexity index is 1010. The molecule has 1 N–H and O–H groups in total. The van der Waals surface area contributed by atoms with Gasteiger partial charge in [0, 0.05) is 13.8 Å². The van der Waals surface area contributed by atoms with Crippen LogP contribution in [0, 0.1) is 30.9 Å². The number of nitrogens with zero attached hydrogens (tertiary/aromatic N) is 4. The number of carbonyl (C=O) groups is 1. The first kappa shape index (κ1) is 19.3. The third-order valence-electron chi connectivity index (χ3n) is 4.16. The Balaban J connectivity index is 0.00000243. The van der Waals surface area contributed by atoms with E-state index in [1.807, 2.05) is 32.0 Å². The van der Waals surface area contributed by atoms with Gasteiger partial charge in [-0.2, -0.15) is 4.57 Å². The van der Waals surface area contributed by atoms with Gasteiger partial charge in [-0.15, -0.1) is 4.68 Å². The van der Waals surface area contributed by atoms with Crippen LogP contribution >= 0.6 is 0 Å². The predicted octanol–water partition coefficient (Wildman–Crippen LogP) is -0.303. The molecule has 8 nitrogen and oxygen atoms in total. The molecule has 0 atom stereocenters. The summed E-state index contributed by atoms with van der Waals surface area (Å²) >= 11 is 0. The first-order chi connectivity index (χ1) is 11.8. The van der Waals surface area contributed by atoms with Gasteiger partial charge in [0.2, 0.25) is 5.52 Å². The molecule has 2 aromatic heterocycles. The van der Waals surface area contributed by atoms with E-state index >= 15 is 0 Å². The number of anilines is 1. The number of nitrogens with one attached hydrogen (secondary N) is 1. The number of hydrogen-bond donors (Lipinski definition) is 1. The zero-order valence-electron chi connectivity index (χ0n) is 14.8. The number of para-hydroxylation sites is 1. The van der Waals surface area contributed by atoms with Gasteiger partial charge in [0.1, 0.15) is 6.20 Å². The highest BCUT2D eigenvalue weighted by atomic mass is 35.5. The van der Waals surface area contributed by atoms with E-state index in [9.17, 15) is 14.9 Å². The van der Waals surface area contributed by atoms with E-state index in [-0.39, 0.29) is 24.0 Å². The molecule has 0 saturated heterocycles. The molecule has 1 aromatic carbocycles. The van der Waals surface area contributed by atoms with E-state index in [4.69, 9.17) is 0 Å². The van der Waals surface area contributed by atoms with E-state index in [1.54, 1.807) is 11.6 Å². The van der Waals surface area contributed by atoms with Crippen LogP contribution in [-0.2, 0) is 0 Å². The summed E-state index contributed by atoms with van der Waals surface area (Å²) in [5, 5.41) is 11.0. The molecule has 0 saturated carbocycles. The molecule has 3 rings (SSSR count). The molecule has 9 heteroatoms. The monoisotopic (exact) mass is 375 g/mol. The summed E-state index contributed by atoms with van der Waals surface area (Å²) in [6.07, 6.45) is 1.19. The molecule has 0 unspecified atom stereocenters. The van der Waals surface area contributed by atoms with Gasteiger partial charge in [0.15, 0.2) is 0 Å². The van der Waals surface area contributed by atoms with Gasteiger partial charge in [-0.3, -0.25) is 10.1 Å². The van der Waals surface area contributed by atoms with Gasteiger partial charge in [-0.05, 0) is 25.0 Å². The molecule has 0 radical (unpaired) electrons. The van der Waals surface area contributed by atoms with E-state index in [0.29, 0.717) is 17.0 Å². The normalized spacial score (nSPS) is 10.5. The molecule has 136 valence electrons. The van der Waals surface area contributed by atoms with Crippen molar-refractivity contribution < 1.29 is 26.7 Å². The minimum absolute atomic E-state index is 0. The Labute approximate surface area is 156 Å². The van der Waals surface area contributed by atoms with Crippen LogP contribution in [0.4, 0.5) is 11.4 Å². The summed E-state index contributed by atoms with van der Waals surface area (Å²) in [4.78, 5) is 26.8. The van der Waals surface area contributed by atoms with Gasteiger partial charge in [0.05, 0.1) is 16.7 Å². The van der Waals surface area contributed by atoms with Crippen LogP contribution in [0.2, 0.25) is 0 Å². The van der Waals surface area contributed by atoms with E-state index in [0.717, 1.165) is 16.8 Å². The largest absolute Gasteiger partial charge is 1.00 e. The fourth-order valence-electron chi connectivity index (χ4n) is 2.93. The Morgan fingerprint density at radius 3 is 2.42 bits per heavy atom. The molecule has 3 aromatic rings. The molecule has 0 spiro atoms. The average molecular weight is 376 g/mol. The van der Waals surface area contributed by atoms with Crippen molar-refractivity contribution in [3.05, 3.63) is 57.5 Å². The lowest BCUT2D eigenvalue weighted by Gasteiger charge is -2.10. The predicted molar refractivity (Wildman–Crippen MR) is 92.6 cm³/mol. The highest BCUT2D eigenvalue weighted by Gasteiger charge is 2.29. The summed E-state index contributed by atoms with van der Waals surface area (Å²) in [6, 6.07) is 7.29. The lowest BCUT2D eigenvalue weighted by molar-refractivity contribution is -0.553.